The van der Waals surface area contributed by atoms with E-state index < -0.39 is 0 Å². The minimum absolute atomic E-state index is 0.101. The summed E-state index contributed by atoms with van der Waals surface area (Å²) in [6, 6.07) is 6.40. The summed E-state index contributed by atoms with van der Waals surface area (Å²) in [6.07, 6.45) is 2.04. The summed E-state index contributed by atoms with van der Waals surface area (Å²) in [4.78, 5) is 12.3. The molecule has 1 amide bonds. The maximum absolute atomic E-state index is 12.3. The van der Waals surface area contributed by atoms with Crippen LogP contribution in [-0.4, -0.2) is 18.5 Å². The van der Waals surface area contributed by atoms with Crippen molar-refractivity contribution in [3.63, 3.8) is 0 Å². The molecule has 1 atom stereocenters. The molecule has 3 heteroatoms. The SMILES string of the molecule is CC1(C)CC1NC(=O)c1cccc2c1CCNC2. The number of fused-ring (bicyclic) bond motifs is 1. The van der Waals surface area contributed by atoms with Gasteiger partial charge in [0.2, 0.25) is 0 Å². The van der Waals surface area contributed by atoms with Crippen LogP contribution in [0.1, 0.15) is 41.8 Å². The van der Waals surface area contributed by atoms with E-state index in [1.165, 1.54) is 11.1 Å². The molecular formula is C15H20N2O. The standard InChI is InChI=1S/C15H20N2O/c1-15(2)8-13(15)17-14(18)12-5-3-4-10-9-16-7-6-11(10)12/h3-5,13,16H,6-9H2,1-2H3,(H,17,18). The molecule has 1 aromatic rings. The highest BCUT2D eigenvalue weighted by Crippen LogP contribution is 2.44. The molecule has 2 aliphatic rings. The zero-order valence-corrected chi connectivity index (χ0v) is 11.0. The fraction of sp³-hybridized carbons (Fsp3) is 0.533. The molecule has 1 saturated carbocycles. The summed E-state index contributed by atoms with van der Waals surface area (Å²) >= 11 is 0. The van der Waals surface area contributed by atoms with Crippen LogP contribution in [0.5, 0.6) is 0 Å². The Bertz CT molecular complexity index is 493. The number of benzene rings is 1. The van der Waals surface area contributed by atoms with E-state index in [1.807, 2.05) is 12.1 Å². The van der Waals surface area contributed by atoms with Crippen molar-refractivity contribution in [3.8, 4) is 0 Å². The molecule has 0 bridgehead atoms. The van der Waals surface area contributed by atoms with Gasteiger partial charge in [0.05, 0.1) is 0 Å². The van der Waals surface area contributed by atoms with Crippen LogP contribution in [0.4, 0.5) is 0 Å². The predicted molar refractivity (Wildman–Crippen MR) is 71.5 cm³/mol. The highest BCUT2D eigenvalue weighted by atomic mass is 16.1. The van der Waals surface area contributed by atoms with Crippen molar-refractivity contribution in [1.82, 2.24) is 10.6 Å². The Balaban J connectivity index is 1.81. The van der Waals surface area contributed by atoms with E-state index in [-0.39, 0.29) is 11.3 Å². The first-order valence-electron chi connectivity index (χ1n) is 6.70. The number of hydrogen-bond acceptors (Lipinski definition) is 2. The predicted octanol–water partition coefficient (Wildman–Crippen LogP) is 1.86. The smallest absolute Gasteiger partial charge is 0.251 e. The van der Waals surface area contributed by atoms with E-state index in [4.69, 9.17) is 0 Å². The Kier molecular flexibility index (Phi) is 2.67. The number of hydrogen-bond donors (Lipinski definition) is 2. The van der Waals surface area contributed by atoms with Crippen LogP contribution in [-0.2, 0) is 13.0 Å². The van der Waals surface area contributed by atoms with Gasteiger partial charge in [0.15, 0.2) is 0 Å². The van der Waals surface area contributed by atoms with Gasteiger partial charge in [0.1, 0.15) is 0 Å². The van der Waals surface area contributed by atoms with Gasteiger partial charge in [-0.05, 0) is 42.0 Å². The van der Waals surface area contributed by atoms with E-state index in [9.17, 15) is 4.79 Å². The van der Waals surface area contributed by atoms with Crippen molar-refractivity contribution in [2.24, 2.45) is 5.41 Å². The Hall–Kier alpha value is -1.35. The van der Waals surface area contributed by atoms with Crippen LogP contribution in [0.2, 0.25) is 0 Å². The molecule has 3 rings (SSSR count). The number of nitrogens with one attached hydrogen (secondary N) is 2. The normalized spacial score (nSPS) is 24.2. The van der Waals surface area contributed by atoms with E-state index in [1.54, 1.807) is 0 Å². The molecular weight excluding hydrogens is 224 g/mol. The highest BCUT2D eigenvalue weighted by molar-refractivity contribution is 5.96. The molecule has 0 spiro atoms. The van der Waals surface area contributed by atoms with Crippen molar-refractivity contribution in [2.75, 3.05) is 6.54 Å². The third kappa shape index (κ3) is 2.03. The number of rotatable bonds is 2. The van der Waals surface area contributed by atoms with Crippen LogP contribution >= 0.6 is 0 Å². The van der Waals surface area contributed by atoms with Crippen molar-refractivity contribution in [3.05, 3.63) is 34.9 Å². The highest BCUT2D eigenvalue weighted by Gasteiger charge is 2.46. The van der Waals surface area contributed by atoms with Crippen LogP contribution in [0, 0.1) is 5.41 Å². The molecule has 3 nitrogen and oxygen atoms in total. The van der Waals surface area contributed by atoms with Gasteiger partial charge in [0, 0.05) is 18.2 Å². The molecule has 2 N–H and O–H groups in total. The molecule has 1 aliphatic carbocycles. The van der Waals surface area contributed by atoms with Gasteiger partial charge in [-0.3, -0.25) is 4.79 Å². The molecule has 1 heterocycles. The van der Waals surface area contributed by atoms with Crippen molar-refractivity contribution < 1.29 is 4.79 Å². The third-order valence-corrected chi connectivity index (χ3v) is 4.20. The average molecular weight is 244 g/mol. The van der Waals surface area contributed by atoms with E-state index >= 15 is 0 Å². The maximum Gasteiger partial charge on any atom is 0.251 e. The van der Waals surface area contributed by atoms with Gasteiger partial charge >= 0.3 is 0 Å². The van der Waals surface area contributed by atoms with Crippen LogP contribution in [0.3, 0.4) is 0 Å². The Morgan fingerprint density at radius 3 is 2.94 bits per heavy atom. The molecule has 1 fully saturated rings. The van der Waals surface area contributed by atoms with Crippen LogP contribution in [0.25, 0.3) is 0 Å². The van der Waals surface area contributed by atoms with Crippen molar-refractivity contribution >= 4 is 5.91 Å². The van der Waals surface area contributed by atoms with Crippen LogP contribution in [0.15, 0.2) is 18.2 Å². The summed E-state index contributed by atoms with van der Waals surface area (Å²) in [5.41, 5.74) is 3.65. The molecule has 96 valence electrons. The molecule has 0 aromatic heterocycles. The Morgan fingerprint density at radius 2 is 2.22 bits per heavy atom. The van der Waals surface area contributed by atoms with Gasteiger partial charge in [0.25, 0.3) is 5.91 Å². The summed E-state index contributed by atoms with van der Waals surface area (Å²) in [5, 5.41) is 6.49. The van der Waals surface area contributed by atoms with Gasteiger partial charge in [-0.1, -0.05) is 26.0 Å². The van der Waals surface area contributed by atoms with Crippen LogP contribution < -0.4 is 10.6 Å². The Morgan fingerprint density at radius 1 is 1.44 bits per heavy atom. The van der Waals surface area contributed by atoms with Crippen molar-refractivity contribution in [2.45, 2.75) is 39.3 Å². The third-order valence-electron chi connectivity index (χ3n) is 4.20. The number of carbonyl (C=O) groups excluding carboxylic acids is 1. The maximum atomic E-state index is 12.3. The number of amides is 1. The van der Waals surface area contributed by atoms with Gasteiger partial charge in [-0.2, -0.15) is 0 Å². The summed E-state index contributed by atoms with van der Waals surface area (Å²) < 4.78 is 0. The molecule has 0 saturated heterocycles. The van der Waals surface area contributed by atoms with Gasteiger partial charge in [-0.25, -0.2) is 0 Å². The fourth-order valence-electron chi connectivity index (χ4n) is 2.69. The second kappa shape index (κ2) is 4.09. The lowest BCUT2D eigenvalue weighted by molar-refractivity contribution is 0.0945. The summed E-state index contributed by atoms with van der Waals surface area (Å²) in [5.74, 6) is 0.101. The van der Waals surface area contributed by atoms with Gasteiger partial charge < -0.3 is 10.6 Å². The molecule has 1 unspecified atom stereocenters. The topological polar surface area (TPSA) is 41.1 Å². The largest absolute Gasteiger partial charge is 0.349 e. The van der Waals surface area contributed by atoms with Gasteiger partial charge in [-0.15, -0.1) is 0 Å². The lowest BCUT2D eigenvalue weighted by atomic mass is 9.95. The van der Waals surface area contributed by atoms with Crippen molar-refractivity contribution in [1.29, 1.82) is 0 Å². The van der Waals surface area contributed by atoms with E-state index in [0.717, 1.165) is 31.5 Å². The first kappa shape index (κ1) is 11.7. The summed E-state index contributed by atoms with van der Waals surface area (Å²) in [6.45, 7) is 6.24. The monoisotopic (exact) mass is 244 g/mol. The second-order valence-electron chi connectivity index (χ2n) is 6.09. The zero-order valence-electron chi connectivity index (χ0n) is 11.0. The first-order valence-corrected chi connectivity index (χ1v) is 6.70. The summed E-state index contributed by atoms with van der Waals surface area (Å²) in [7, 11) is 0. The minimum Gasteiger partial charge on any atom is -0.349 e. The van der Waals surface area contributed by atoms with E-state index in [2.05, 4.69) is 30.5 Å². The number of carbonyl (C=O) groups is 1. The fourth-order valence-corrected chi connectivity index (χ4v) is 2.69. The minimum atomic E-state index is 0.101. The molecule has 1 aromatic carbocycles. The molecule has 0 radical (unpaired) electrons. The quantitative estimate of drug-likeness (QED) is 0.833. The zero-order chi connectivity index (χ0) is 12.8. The lowest BCUT2D eigenvalue weighted by Crippen LogP contribution is -2.31. The lowest BCUT2D eigenvalue weighted by Gasteiger charge is -2.20. The average Bonchev–Trinajstić information content (AvgIpc) is 2.95. The molecule has 1 aliphatic heterocycles. The first-order chi connectivity index (χ1) is 8.58. The van der Waals surface area contributed by atoms with E-state index in [0.29, 0.717) is 6.04 Å². The Labute approximate surface area is 108 Å². The second-order valence-corrected chi connectivity index (χ2v) is 6.09. The molecule has 18 heavy (non-hydrogen) atoms.